The second-order valence-corrected chi connectivity index (χ2v) is 6.54. The Kier molecular flexibility index (Phi) is 5.94. The predicted molar refractivity (Wildman–Crippen MR) is 95.0 cm³/mol. The van der Waals surface area contributed by atoms with Crippen LogP contribution >= 0.6 is 0 Å². The van der Waals surface area contributed by atoms with E-state index in [1.807, 2.05) is 36.7 Å². The van der Waals surface area contributed by atoms with E-state index in [4.69, 9.17) is 0 Å². The van der Waals surface area contributed by atoms with Gasteiger partial charge in [0.2, 0.25) is 0 Å². The van der Waals surface area contributed by atoms with Gasteiger partial charge in [0.1, 0.15) is 5.82 Å². The predicted octanol–water partition coefficient (Wildman–Crippen LogP) is 3.71. The van der Waals surface area contributed by atoms with E-state index >= 15 is 0 Å². The van der Waals surface area contributed by atoms with Gasteiger partial charge in [-0.25, -0.2) is 4.39 Å². The van der Waals surface area contributed by atoms with Crippen LogP contribution < -0.4 is 0 Å². The Labute approximate surface area is 144 Å². The van der Waals surface area contributed by atoms with E-state index in [1.54, 1.807) is 12.1 Å². The number of hydrogen-bond acceptors (Lipinski definition) is 3. The highest BCUT2D eigenvalue weighted by Crippen LogP contribution is 2.20. The Balaban J connectivity index is 1.74. The molecule has 0 bridgehead atoms. The maximum atomic E-state index is 14.1. The van der Waals surface area contributed by atoms with Gasteiger partial charge in [0, 0.05) is 43.6 Å². The summed E-state index contributed by atoms with van der Waals surface area (Å²) >= 11 is 0. The molecular formula is C20H26FN3. The number of benzene rings is 1. The van der Waals surface area contributed by atoms with Crippen molar-refractivity contribution in [3.63, 3.8) is 0 Å². The Morgan fingerprint density at radius 2 is 1.96 bits per heavy atom. The van der Waals surface area contributed by atoms with Gasteiger partial charge in [0.15, 0.2) is 0 Å². The van der Waals surface area contributed by atoms with E-state index in [2.05, 4.69) is 21.7 Å². The maximum Gasteiger partial charge on any atom is 0.127 e. The van der Waals surface area contributed by atoms with Crippen LogP contribution in [0.2, 0.25) is 0 Å². The minimum absolute atomic E-state index is 0.115. The minimum atomic E-state index is -0.115. The van der Waals surface area contributed by atoms with Crippen molar-refractivity contribution >= 4 is 0 Å². The smallest absolute Gasteiger partial charge is 0.127 e. The number of halogens is 1. The molecule has 0 unspecified atom stereocenters. The number of pyridine rings is 1. The molecular weight excluding hydrogens is 301 g/mol. The van der Waals surface area contributed by atoms with Crippen LogP contribution in [0.4, 0.5) is 4.39 Å². The number of likely N-dealkylation sites (tertiary alicyclic amines) is 1. The van der Waals surface area contributed by atoms with E-state index < -0.39 is 0 Å². The van der Waals surface area contributed by atoms with Crippen LogP contribution in [-0.4, -0.2) is 40.5 Å². The quantitative estimate of drug-likeness (QED) is 0.773. The second kappa shape index (κ2) is 8.36. The molecule has 1 aliphatic heterocycles. The van der Waals surface area contributed by atoms with E-state index in [-0.39, 0.29) is 5.82 Å². The molecule has 1 saturated heterocycles. The number of aromatic nitrogens is 1. The Bertz CT molecular complexity index is 632. The van der Waals surface area contributed by atoms with Gasteiger partial charge in [0.05, 0.1) is 0 Å². The first-order chi connectivity index (χ1) is 11.8. The van der Waals surface area contributed by atoms with E-state index in [1.165, 1.54) is 24.9 Å². The third-order valence-corrected chi connectivity index (χ3v) is 4.88. The molecule has 1 atom stereocenters. The molecule has 0 N–H and O–H groups in total. The molecule has 1 aliphatic rings. The molecule has 0 aliphatic carbocycles. The zero-order valence-corrected chi connectivity index (χ0v) is 14.4. The second-order valence-electron chi connectivity index (χ2n) is 6.54. The summed E-state index contributed by atoms with van der Waals surface area (Å²) in [5.41, 5.74) is 2.00. The van der Waals surface area contributed by atoms with Crippen LogP contribution in [-0.2, 0) is 13.1 Å². The molecule has 4 heteroatoms. The maximum absolute atomic E-state index is 14.1. The third kappa shape index (κ3) is 4.40. The number of nitrogens with zero attached hydrogens (tertiary/aromatic N) is 3. The van der Waals surface area contributed by atoms with E-state index in [0.717, 1.165) is 25.2 Å². The van der Waals surface area contributed by atoms with E-state index in [0.29, 0.717) is 12.6 Å². The normalized spacial score (nSPS) is 18.4. The van der Waals surface area contributed by atoms with Crippen molar-refractivity contribution in [2.75, 3.05) is 19.6 Å². The van der Waals surface area contributed by atoms with Crippen LogP contribution in [0.1, 0.15) is 30.9 Å². The molecule has 2 heterocycles. The highest BCUT2D eigenvalue weighted by Gasteiger charge is 2.25. The largest absolute Gasteiger partial charge is 0.299 e. The molecule has 1 aromatic heterocycles. The zero-order valence-electron chi connectivity index (χ0n) is 14.4. The minimum Gasteiger partial charge on any atom is -0.299 e. The summed E-state index contributed by atoms with van der Waals surface area (Å²) < 4.78 is 14.1. The molecule has 128 valence electrons. The lowest BCUT2D eigenvalue weighted by molar-refractivity contribution is 0.164. The molecule has 3 nitrogen and oxygen atoms in total. The van der Waals surface area contributed by atoms with Crippen molar-refractivity contribution in [1.82, 2.24) is 14.8 Å². The average Bonchev–Trinajstić information content (AvgIpc) is 3.05. The first kappa shape index (κ1) is 17.1. The summed E-state index contributed by atoms with van der Waals surface area (Å²) in [7, 11) is 0. The molecule has 3 rings (SSSR count). The van der Waals surface area contributed by atoms with Gasteiger partial charge in [-0.2, -0.15) is 0 Å². The van der Waals surface area contributed by atoms with Crippen LogP contribution in [0.3, 0.4) is 0 Å². The molecule has 2 aromatic rings. The lowest BCUT2D eigenvalue weighted by atomic mass is 10.1. The summed E-state index contributed by atoms with van der Waals surface area (Å²) in [6.45, 7) is 6.94. The fourth-order valence-electron chi connectivity index (χ4n) is 3.62. The van der Waals surface area contributed by atoms with E-state index in [9.17, 15) is 4.39 Å². The molecule has 0 radical (unpaired) electrons. The summed E-state index contributed by atoms with van der Waals surface area (Å²) in [5.74, 6) is -0.115. The monoisotopic (exact) mass is 327 g/mol. The van der Waals surface area contributed by atoms with Gasteiger partial charge >= 0.3 is 0 Å². The molecule has 0 spiro atoms. The first-order valence-corrected chi connectivity index (χ1v) is 8.85. The topological polar surface area (TPSA) is 19.4 Å². The zero-order chi connectivity index (χ0) is 16.8. The van der Waals surface area contributed by atoms with Crippen molar-refractivity contribution in [3.05, 3.63) is 65.7 Å². The van der Waals surface area contributed by atoms with Gasteiger partial charge in [-0.1, -0.05) is 25.1 Å². The third-order valence-electron chi connectivity index (χ3n) is 4.88. The van der Waals surface area contributed by atoms with Gasteiger partial charge in [-0.15, -0.1) is 0 Å². The Morgan fingerprint density at radius 3 is 2.71 bits per heavy atom. The molecule has 1 fully saturated rings. The van der Waals surface area contributed by atoms with Crippen LogP contribution in [0, 0.1) is 5.82 Å². The highest BCUT2D eigenvalue weighted by atomic mass is 19.1. The van der Waals surface area contributed by atoms with Gasteiger partial charge in [0.25, 0.3) is 0 Å². The van der Waals surface area contributed by atoms with Crippen LogP contribution in [0.25, 0.3) is 0 Å². The molecule has 1 aromatic carbocycles. The Hall–Kier alpha value is -1.78. The summed E-state index contributed by atoms with van der Waals surface area (Å²) in [6, 6.07) is 11.8. The number of rotatable bonds is 7. The Morgan fingerprint density at radius 1 is 1.17 bits per heavy atom. The number of hydrogen-bond donors (Lipinski definition) is 0. The summed E-state index contributed by atoms with van der Waals surface area (Å²) in [4.78, 5) is 9.00. The fourth-order valence-corrected chi connectivity index (χ4v) is 3.62. The average molecular weight is 327 g/mol. The van der Waals surface area contributed by atoms with Crippen molar-refractivity contribution in [1.29, 1.82) is 0 Å². The lowest BCUT2D eigenvalue weighted by Gasteiger charge is -2.30. The highest BCUT2D eigenvalue weighted by molar-refractivity contribution is 5.18. The number of likely N-dealkylation sites (N-methyl/N-ethyl adjacent to an activating group) is 1. The first-order valence-electron chi connectivity index (χ1n) is 8.85. The molecule has 24 heavy (non-hydrogen) atoms. The summed E-state index contributed by atoms with van der Waals surface area (Å²) in [6.07, 6.45) is 6.15. The van der Waals surface area contributed by atoms with Gasteiger partial charge in [-0.3, -0.25) is 14.8 Å². The van der Waals surface area contributed by atoms with Gasteiger partial charge in [-0.05, 0) is 49.7 Å². The van der Waals surface area contributed by atoms with Crippen LogP contribution in [0.5, 0.6) is 0 Å². The summed E-state index contributed by atoms with van der Waals surface area (Å²) in [5, 5.41) is 0. The van der Waals surface area contributed by atoms with Crippen molar-refractivity contribution in [2.45, 2.75) is 38.9 Å². The molecule has 0 amide bonds. The van der Waals surface area contributed by atoms with Crippen molar-refractivity contribution < 1.29 is 4.39 Å². The van der Waals surface area contributed by atoms with Crippen molar-refractivity contribution in [3.8, 4) is 0 Å². The molecule has 0 saturated carbocycles. The van der Waals surface area contributed by atoms with Gasteiger partial charge < -0.3 is 0 Å². The van der Waals surface area contributed by atoms with Crippen molar-refractivity contribution in [2.24, 2.45) is 0 Å². The fraction of sp³-hybridized carbons (Fsp3) is 0.450. The standard InChI is InChI=1S/C20H26FN3/c1-2-24-13-5-7-19(24)16-23(14-17-9-11-22-12-10-17)15-18-6-3-4-8-20(18)21/h3-4,6,8-12,19H,2,5,7,13-16H2,1H3/t19-/m1/s1. The lowest BCUT2D eigenvalue weighted by Crippen LogP contribution is -2.39. The SMILES string of the molecule is CCN1CCC[C@@H]1CN(Cc1ccncc1)Cc1ccccc1F. The van der Waals surface area contributed by atoms with Crippen LogP contribution in [0.15, 0.2) is 48.8 Å².